The Morgan fingerprint density at radius 2 is 2.04 bits per heavy atom. The third-order valence-electron chi connectivity index (χ3n) is 4.05. The number of ether oxygens (including phenoxy) is 2. The van der Waals surface area contributed by atoms with E-state index in [2.05, 4.69) is 9.88 Å². The monoisotopic (exact) mass is 312 g/mol. The van der Waals surface area contributed by atoms with Crippen LogP contribution < -0.4 is 9.64 Å². The zero-order valence-corrected chi connectivity index (χ0v) is 13.4. The molecule has 1 unspecified atom stereocenters. The van der Waals surface area contributed by atoms with E-state index in [1.54, 1.807) is 6.20 Å². The summed E-state index contributed by atoms with van der Waals surface area (Å²) < 4.78 is 10.8. The van der Waals surface area contributed by atoms with E-state index in [4.69, 9.17) is 9.47 Å². The summed E-state index contributed by atoms with van der Waals surface area (Å²) >= 11 is 0. The molecule has 23 heavy (non-hydrogen) atoms. The van der Waals surface area contributed by atoms with Gasteiger partial charge in [0.1, 0.15) is 11.4 Å². The Balaban J connectivity index is 1.78. The fraction of sp³-hybridized carbons (Fsp3) is 0.333. The van der Waals surface area contributed by atoms with E-state index in [1.165, 1.54) is 12.7 Å². The van der Waals surface area contributed by atoms with E-state index < -0.39 is 0 Å². The average molecular weight is 312 g/mol. The molecule has 1 aliphatic rings. The number of benzene rings is 1. The molecule has 1 aromatic heterocycles. The van der Waals surface area contributed by atoms with Crippen LogP contribution in [0.5, 0.6) is 11.6 Å². The summed E-state index contributed by atoms with van der Waals surface area (Å²) in [6.45, 7) is 3.45. The summed E-state index contributed by atoms with van der Waals surface area (Å²) in [7, 11) is 1.43. The summed E-state index contributed by atoms with van der Waals surface area (Å²) in [5.41, 5.74) is 2.08. The predicted molar refractivity (Wildman–Crippen MR) is 87.8 cm³/mol. The molecular weight excluding hydrogens is 292 g/mol. The largest absolute Gasteiger partial charge is 0.469 e. The maximum absolute atomic E-state index is 11.7. The smallest absolute Gasteiger partial charge is 0.310 e. The van der Waals surface area contributed by atoms with Crippen LogP contribution in [0, 0.1) is 12.8 Å². The second-order valence-corrected chi connectivity index (χ2v) is 5.70. The molecule has 0 saturated carbocycles. The van der Waals surface area contributed by atoms with Gasteiger partial charge in [-0.05, 0) is 37.6 Å². The van der Waals surface area contributed by atoms with E-state index >= 15 is 0 Å². The number of anilines is 1. The predicted octanol–water partition coefficient (Wildman–Crippen LogP) is 3.18. The van der Waals surface area contributed by atoms with Crippen LogP contribution >= 0.6 is 0 Å². The summed E-state index contributed by atoms with van der Waals surface area (Å²) in [5.74, 6) is 1.06. The molecule has 1 saturated heterocycles. The number of rotatable bonds is 4. The van der Waals surface area contributed by atoms with Crippen molar-refractivity contribution in [2.24, 2.45) is 5.92 Å². The maximum atomic E-state index is 11.7. The molecule has 1 fully saturated rings. The van der Waals surface area contributed by atoms with Gasteiger partial charge in [0.2, 0.25) is 5.88 Å². The Hall–Kier alpha value is -2.56. The molecule has 0 bridgehead atoms. The minimum Gasteiger partial charge on any atom is -0.469 e. The van der Waals surface area contributed by atoms with Crippen molar-refractivity contribution >= 4 is 11.7 Å². The number of carbonyl (C=O) groups is 1. The molecule has 0 amide bonds. The third-order valence-corrected chi connectivity index (χ3v) is 4.05. The van der Waals surface area contributed by atoms with Crippen molar-refractivity contribution in [3.05, 3.63) is 48.2 Å². The van der Waals surface area contributed by atoms with Gasteiger partial charge >= 0.3 is 5.97 Å². The summed E-state index contributed by atoms with van der Waals surface area (Å²) in [6.07, 6.45) is 2.49. The topological polar surface area (TPSA) is 51.7 Å². The van der Waals surface area contributed by atoms with Gasteiger partial charge in [-0.2, -0.15) is 0 Å². The van der Waals surface area contributed by atoms with Gasteiger partial charge in [0, 0.05) is 19.3 Å². The number of aromatic nitrogens is 1. The number of hydrogen-bond acceptors (Lipinski definition) is 5. The molecule has 0 radical (unpaired) electrons. The van der Waals surface area contributed by atoms with Crippen LogP contribution in [0.25, 0.3) is 0 Å². The van der Waals surface area contributed by atoms with E-state index in [0.29, 0.717) is 12.4 Å². The molecular formula is C18H20N2O3. The molecule has 3 rings (SSSR count). The van der Waals surface area contributed by atoms with Crippen LogP contribution in [0.3, 0.4) is 0 Å². The van der Waals surface area contributed by atoms with Crippen molar-refractivity contribution in [2.45, 2.75) is 13.3 Å². The number of pyridine rings is 1. The fourth-order valence-electron chi connectivity index (χ4n) is 2.76. The first-order valence-corrected chi connectivity index (χ1v) is 7.69. The molecule has 0 N–H and O–H groups in total. The van der Waals surface area contributed by atoms with Gasteiger partial charge in [-0.25, -0.2) is 4.98 Å². The Kier molecular flexibility index (Phi) is 4.46. The lowest BCUT2D eigenvalue weighted by molar-refractivity contribution is -0.144. The average Bonchev–Trinajstić information content (AvgIpc) is 3.06. The Morgan fingerprint density at radius 1 is 1.26 bits per heavy atom. The van der Waals surface area contributed by atoms with Crippen molar-refractivity contribution in [3.8, 4) is 11.6 Å². The summed E-state index contributed by atoms with van der Waals surface area (Å²) in [4.78, 5) is 18.2. The minimum atomic E-state index is -0.155. The second-order valence-electron chi connectivity index (χ2n) is 5.70. The Morgan fingerprint density at radius 3 is 2.78 bits per heavy atom. The van der Waals surface area contributed by atoms with Gasteiger partial charge in [0.15, 0.2) is 0 Å². The second kappa shape index (κ2) is 6.69. The normalized spacial score (nSPS) is 17.1. The number of aryl methyl sites for hydroxylation is 1. The highest BCUT2D eigenvalue weighted by Gasteiger charge is 2.30. The lowest BCUT2D eigenvalue weighted by atomic mass is 10.1. The first kappa shape index (κ1) is 15.3. The molecule has 120 valence electrons. The molecule has 2 aromatic rings. The first-order valence-electron chi connectivity index (χ1n) is 7.69. The molecule has 1 aromatic carbocycles. The van der Waals surface area contributed by atoms with Gasteiger partial charge in [-0.15, -0.1) is 0 Å². The van der Waals surface area contributed by atoms with Gasteiger partial charge < -0.3 is 14.4 Å². The Labute approximate surface area is 135 Å². The fourth-order valence-corrected chi connectivity index (χ4v) is 2.76. The van der Waals surface area contributed by atoms with Crippen molar-refractivity contribution in [1.29, 1.82) is 0 Å². The van der Waals surface area contributed by atoms with E-state index in [0.717, 1.165) is 24.4 Å². The highest BCUT2D eigenvalue weighted by Crippen LogP contribution is 2.33. The quantitative estimate of drug-likeness (QED) is 0.812. The highest BCUT2D eigenvalue weighted by molar-refractivity contribution is 5.74. The van der Waals surface area contributed by atoms with Gasteiger partial charge in [0.25, 0.3) is 0 Å². The maximum Gasteiger partial charge on any atom is 0.310 e. The van der Waals surface area contributed by atoms with E-state index in [9.17, 15) is 4.79 Å². The van der Waals surface area contributed by atoms with Gasteiger partial charge in [-0.3, -0.25) is 4.79 Å². The third kappa shape index (κ3) is 3.44. The van der Waals surface area contributed by atoms with Crippen LogP contribution in [-0.2, 0) is 9.53 Å². The minimum absolute atomic E-state index is 0.0903. The van der Waals surface area contributed by atoms with Crippen LogP contribution in [0.4, 0.5) is 5.69 Å². The molecule has 0 aliphatic carbocycles. The number of esters is 1. The van der Waals surface area contributed by atoms with Gasteiger partial charge in [0.05, 0.1) is 13.0 Å². The van der Waals surface area contributed by atoms with Crippen LogP contribution in [0.1, 0.15) is 12.0 Å². The van der Waals surface area contributed by atoms with E-state index in [-0.39, 0.29) is 11.9 Å². The van der Waals surface area contributed by atoms with Crippen molar-refractivity contribution < 1.29 is 14.3 Å². The molecule has 1 atom stereocenters. The first-order chi connectivity index (χ1) is 11.2. The van der Waals surface area contributed by atoms with E-state index in [1.807, 2.05) is 43.3 Å². The molecule has 0 spiro atoms. The summed E-state index contributed by atoms with van der Waals surface area (Å²) in [6, 6.07) is 11.7. The number of methoxy groups -OCH3 is 1. The van der Waals surface area contributed by atoms with Gasteiger partial charge in [-0.1, -0.05) is 17.7 Å². The van der Waals surface area contributed by atoms with Crippen LogP contribution in [0.15, 0.2) is 42.6 Å². The molecule has 2 heterocycles. The molecule has 5 nitrogen and oxygen atoms in total. The van der Waals surface area contributed by atoms with Crippen molar-refractivity contribution in [2.75, 3.05) is 25.1 Å². The lowest BCUT2D eigenvalue weighted by Gasteiger charge is -2.20. The SMILES string of the molecule is COC(=O)C1CCN(c2cccnc2Oc2ccc(C)cc2)C1. The van der Waals surface area contributed by atoms with Crippen LogP contribution in [0.2, 0.25) is 0 Å². The van der Waals surface area contributed by atoms with Crippen LogP contribution in [-0.4, -0.2) is 31.2 Å². The number of carbonyl (C=O) groups excluding carboxylic acids is 1. The number of hydrogen-bond donors (Lipinski definition) is 0. The zero-order chi connectivity index (χ0) is 16.2. The Bertz CT molecular complexity index is 685. The molecule has 1 aliphatic heterocycles. The lowest BCUT2D eigenvalue weighted by Crippen LogP contribution is -2.24. The van der Waals surface area contributed by atoms with Crippen molar-refractivity contribution in [1.82, 2.24) is 4.98 Å². The van der Waals surface area contributed by atoms with Crippen molar-refractivity contribution in [3.63, 3.8) is 0 Å². The molecule has 5 heteroatoms. The summed E-state index contributed by atoms with van der Waals surface area (Å²) in [5, 5.41) is 0. The number of nitrogens with zero attached hydrogens (tertiary/aromatic N) is 2. The highest BCUT2D eigenvalue weighted by atomic mass is 16.5. The standard InChI is InChI=1S/C18H20N2O3/c1-13-5-7-15(8-6-13)23-17-16(4-3-10-19-17)20-11-9-14(12-20)18(21)22-2/h3-8,10,14H,9,11-12H2,1-2H3. The zero-order valence-electron chi connectivity index (χ0n) is 13.4.